The number of halogens is 7. The molecule has 13 heteroatoms. The van der Waals surface area contributed by atoms with E-state index in [1.165, 1.54) is 6.07 Å². The van der Waals surface area contributed by atoms with E-state index in [1.54, 1.807) is 0 Å². The molecule has 1 atom stereocenters. The summed E-state index contributed by atoms with van der Waals surface area (Å²) in [5.74, 6) is -8.05. The van der Waals surface area contributed by atoms with E-state index in [0.717, 1.165) is 12.1 Å². The first-order chi connectivity index (χ1) is 14.7. The van der Waals surface area contributed by atoms with Crippen molar-refractivity contribution in [1.29, 1.82) is 0 Å². The molecule has 176 valence electrons. The lowest BCUT2D eigenvalue weighted by Crippen LogP contribution is -2.65. The monoisotopic (exact) mass is 466 g/mol. The van der Waals surface area contributed by atoms with Crippen molar-refractivity contribution >= 4 is 11.8 Å². The highest BCUT2D eigenvalue weighted by Gasteiger charge is 2.49. The summed E-state index contributed by atoms with van der Waals surface area (Å²) < 4.78 is 91.8. The maximum atomic E-state index is 13.2. The third-order valence-corrected chi connectivity index (χ3v) is 5.62. The van der Waals surface area contributed by atoms with Crippen molar-refractivity contribution in [3.63, 3.8) is 0 Å². The molecule has 2 fully saturated rings. The molecule has 4 rings (SSSR count). The predicted octanol–water partition coefficient (Wildman–Crippen LogP) is 3.49. The van der Waals surface area contributed by atoms with Crippen LogP contribution in [0.4, 0.5) is 30.7 Å². The summed E-state index contributed by atoms with van der Waals surface area (Å²) in [7, 11) is 0. The Bertz CT molecular complexity index is 928. The van der Waals surface area contributed by atoms with Crippen LogP contribution in [0.5, 0.6) is 0 Å². The molecule has 1 unspecified atom stereocenters. The second kappa shape index (κ2) is 7.56. The molecule has 6 nitrogen and oxygen atoms in total. The van der Waals surface area contributed by atoms with E-state index in [9.17, 15) is 30.7 Å². The minimum absolute atomic E-state index is 0.0120. The van der Waals surface area contributed by atoms with Crippen LogP contribution in [-0.2, 0) is 6.18 Å². The zero-order valence-corrected chi connectivity index (χ0v) is 16.7. The van der Waals surface area contributed by atoms with Crippen LogP contribution in [0.15, 0.2) is 28.2 Å². The topological polar surface area (TPSA) is 87.7 Å². The molecule has 3 aliphatic rings. The van der Waals surface area contributed by atoms with Crippen molar-refractivity contribution < 1.29 is 30.7 Å². The van der Waals surface area contributed by atoms with Crippen LogP contribution in [0.3, 0.4) is 0 Å². The van der Waals surface area contributed by atoms with Gasteiger partial charge in [-0.15, -0.1) is 0 Å². The first-order valence-electron chi connectivity index (χ1n) is 10.0. The van der Waals surface area contributed by atoms with E-state index in [4.69, 9.17) is 5.73 Å². The summed E-state index contributed by atoms with van der Waals surface area (Å²) in [5, 5.41) is 5.47. The standard InChI is InChI=1S/C19H21F7N6/c20-16(21)4-10(5-16)8-18(27)31-14(12-2-1-3-13(29-12)19(24,25)26)30-15(32-18)28-9-11-6-17(22,23)7-11/h1-3,10-11H,4-9,27H2,(H2,28,30,31,32). The van der Waals surface area contributed by atoms with Gasteiger partial charge in [-0.2, -0.15) is 13.2 Å². The minimum atomic E-state index is -4.69. The average molecular weight is 466 g/mol. The molecule has 2 heterocycles. The SMILES string of the molecule is NC1(CC2CC(F)(F)C2)N=C(c2cccc(C(F)(F)F)n2)NC(=NCC2CC(F)(F)C2)N1. The van der Waals surface area contributed by atoms with Gasteiger partial charge in [0, 0.05) is 38.6 Å². The number of nitrogens with two attached hydrogens (primary N) is 1. The van der Waals surface area contributed by atoms with Crippen molar-refractivity contribution in [2.24, 2.45) is 27.6 Å². The number of guanidine groups is 1. The molecule has 2 saturated carbocycles. The van der Waals surface area contributed by atoms with Crippen molar-refractivity contribution in [3.05, 3.63) is 29.6 Å². The Labute approximate surface area is 178 Å². The maximum Gasteiger partial charge on any atom is 0.433 e. The number of rotatable bonds is 5. The van der Waals surface area contributed by atoms with E-state index in [-0.39, 0.29) is 62.1 Å². The van der Waals surface area contributed by atoms with Gasteiger partial charge >= 0.3 is 6.18 Å². The Morgan fingerprint density at radius 2 is 1.66 bits per heavy atom. The molecular weight excluding hydrogens is 445 g/mol. The fraction of sp³-hybridized carbons (Fsp3) is 0.632. The van der Waals surface area contributed by atoms with Gasteiger partial charge in [0.1, 0.15) is 11.4 Å². The van der Waals surface area contributed by atoms with Crippen molar-refractivity contribution in [1.82, 2.24) is 15.6 Å². The van der Waals surface area contributed by atoms with Crippen molar-refractivity contribution in [2.45, 2.75) is 55.9 Å². The molecular formula is C19H21F7N6. The average Bonchev–Trinajstić information content (AvgIpc) is 2.62. The lowest BCUT2D eigenvalue weighted by molar-refractivity contribution is -0.141. The molecule has 0 saturated heterocycles. The highest BCUT2D eigenvalue weighted by molar-refractivity contribution is 6.09. The lowest BCUT2D eigenvalue weighted by atomic mass is 9.77. The molecule has 0 aromatic carbocycles. The van der Waals surface area contributed by atoms with Gasteiger partial charge in [-0.25, -0.2) is 27.5 Å². The van der Waals surface area contributed by atoms with E-state index in [0.29, 0.717) is 0 Å². The van der Waals surface area contributed by atoms with Crippen LogP contribution < -0.4 is 16.4 Å². The van der Waals surface area contributed by atoms with E-state index < -0.39 is 35.4 Å². The third kappa shape index (κ3) is 5.13. The van der Waals surface area contributed by atoms with Gasteiger partial charge in [-0.1, -0.05) is 6.07 Å². The molecule has 2 aliphatic carbocycles. The number of nitrogens with one attached hydrogen (secondary N) is 2. The molecule has 0 spiro atoms. The molecule has 32 heavy (non-hydrogen) atoms. The number of aromatic nitrogens is 1. The maximum absolute atomic E-state index is 13.2. The first kappa shape index (κ1) is 22.7. The third-order valence-electron chi connectivity index (χ3n) is 5.62. The Hall–Kier alpha value is -2.44. The van der Waals surface area contributed by atoms with Crippen LogP contribution >= 0.6 is 0 Å². The zero-order chi connectivity index (χ0) is 23.4. The molecule has 0 bridgehead atoms. The largest absolute Gasteiger partial charge is 0.433 e. The number of nitrogens with zero attached hydrogens (tertiary/aromatic N) is 3. The molecule has 1 aromatic heterocycles. The number of amidine groups is 1. The van der Waals surface area contributed by atoms with Crippen LogP contribution in [0.1, 0.15) is 43.5 Å². The fourth-order valence-electron chi connectivity index (χ4n) is 4.13. The highest BCUT2D eigenvalue weighted by Crippen LogP contribution is 2.45. The Kier molecular flexibility index (Phi) is 5.37. The van der Waals surface area contributed by atoms with E-state index >= 15 is 0 Å². The summed E-state index contributed by atoms with van der Waals surface area (Å²) in [5.41, 5.74) is 4.95. The Balaban J connectivity index is 1.57. The predicted molar refractivity (Wildman–Crippen MR) is 101 cm³/mol. The molecule has 4 N–H and O–H groups in total. The molecule has 0 amide bonds. The summed E-state index contributed by atoms with van der Waals surface area (Å²) in [4.78, 5) is 12.0. The van der Waals surface area contributed by atoms with E-state index in [2.05, 4.69) is 25.6 Å². The van der Waals surface area contributed by atoms with Gasteiger partial charge in [0.2, 0.25) is 11.8 Å². The van der Waals surface area contributed by atoms with Crippen molar-refractivity contribution in [2.75, 3.05) is 6.54 Å². The second-order valence-corrected chi connectivity index (χ2v) is 8.69. The smallest absolute Gasteiger partial charge is 0.319 e. The number of hydrogen-bond acceptors (Lipinski definition) is 4. The van der Waals surface area contributed by atoms with Crippen LogP contribution in [-0.4, -0.2) is 41.0 Å². The van der Waals surface area contributed by atoms with Crippen molar-refractivity contribution in [3.8, 4) is 0 Å². The molecule has 1 aliphatic heterocycles. The first-order valence-corrected chi connectivity index (χ1v) is 10.0. The Morgan fingerprint density at radius 3 is 2.25 bits per heavy atom. The van der Waals surface area contributed by atoms with Gasteiger partial charge in [-0.3, -0.25) is 10.7 Å². The summed E-state index contributed by atoms with van der Waals surface area (Å²) >= 11 is 0. The Morgan fingerprint density at radius 1 is 1.03 bits per heavy atom. The number of hydrogen-bond donors (Lipinski definition) is 3. The quantitative estimate of drug-likeness (QED) is 0.580. The zero-order valence-electron chi connectivity index (χ0n) is 16.7. The van der Waals surface area contributed by atoms with Gasteiger partial charge in [0.25, 0.3) is 0 Å². The fourth-order valence-corrected chi connectivity index (χ4v) is 4.13. The van der Waals surface area contributed by atoms with E-state index in [1.807, 2.05) is 0 Å². The van der Waals surface area contributed by atoms with Gasteiger partial charge < -0.3 is 10.6 Å². The second-order valence-electron chi connectivity index (χ2n) is 8.69. The minimum Gasteiger partial charge on any atom is -0.319 e. The van der Waals surface area contributed by atoms with Gasteiger partial charge in [-0.05, 0) is 24.0 Å². The number of alkyl halides is 7. The molecule has 1 aromatic rings. The normalized spacial score (nSPS) is 28.9. The number of pyridine rings is 1. The lowest BCUT2D eigenvalue weighted by Gasteiger charge is -2.41. The highest BCUT2D eigenvalue weighted by atomic mass is 19.4. The van der Waals surface area contributed by atoms with Crippen LogP contribution in [0, 0.1) is 11.8 Å². The van der Waals surface area contributed by atoms with Crippen LogP contribution in [0.2, 0.25) is 0 Å². The van der Waals surface area contributed by atoms with Gasteiger partial charge in [0.15, 0.2) is 17.6 Å². The molecule has 0 radical (unpaired) electrons. The van der Waals surface area contributed by atoms with Gasteiger partial charge in [0.05, 0.1) is 0 Å². The summed E-state index contributed by atoms with van der Waals surface area (Å²) in [6, 6.07) is 3.23. The summed E-state index contributed by atoms with van der Waals surface area (Å²) in [6.45, 7) is 0.0335. The number of aliphatic imine (C=N–C) groups is 2. The summed E-state index contributed by atoms with van der Waals surface area (Å²) in [6.07, 6.45) is -6.09. The van der Waals surface area contributed by atoms with Crippen LogP contribution in [0.25, 0.3) is 0 Å².